The molecule has 2 fully saturated rings. The van der Waals surface area contributed by atoms with Crippen molar-refractivity contribution in [1.29, 1.82) is 0 Å². The number of carbonyl (C=O) groups excluding carboxylic acids is 1. The lowest BCUT2D eigenvalue weighted by atomic mass is 9.93. The topological polar surface area (TPSA) is 32.8 Å². The van der Waals surface area contributed by atoms with Crippen molar-refractivity contribution >= 4 is 17.2 Å². The van der Waals surface area contributed by atoms with Crippen molar-refractivity contribution in [1.82, 2.24) is 9.80 Å². The standard InChI is InChI=1S/C26H28N2O2S/c29-26(28-13-14-30-25(28)16-20-8-3-1-4-9-20)23-19-27(17-21-10-5-2-6-11-21)18-22(23)24-12-7-15-31-24/h1-12,15,22-23,25H,13-14,16-19H2/t22-,23-,25?/m1/s1. The Hall–Kier alpha value is -2.47. The number of benzene rings is 2. The van der Waals surface area contributed by atoms with E-state index in [4.69, 9.17) is 4.74 Å². The molecular weight excluding hydrogens is 404 g/mol. The zero-order valence-corrected chi connectivity index (χ0v) is 18.4. The van der Waals surface area contributed by atoms with Crippen LogP contribution in [0.3, 0.4) is 0 Å². The number of nitrogens with zero attached hydrogens (tertiary/aromatic N) is 2. The van der Waals surface area contributed by atoms with Gasteiger partial charge in [0.2, 0.25) is 5.91 Å². The highest BCUT2D eigenvalue weighted by molar-refractivity contribution is 7.10. The fraction of sp³-hybridized carbons (Fsp3) is 0.346. The van der Waals surface area contributed by atoms with Crippen LogP contribution in [-0.4, -0.2) is 48.2 Å². The Morgan fingerprint density at radius 2 is 1.68 bits per heavy atom. The van der Waals surface area contributed by atoms with Gasteiger partial charge in [-0.2, -0.15) is 0 Å². The summed E-state index contributed by atoms with van der Waals surface area (Å²) in [4.78, 5) is 19.5. The summed E-state index contributed by atoms with van der Waals surface area (Å²) in [7, 11) is 0. The minimum atomic E-state index is -0.165. The van der Waals surface area contributed by atoms with E-state index in [0.717, 1.165) is 26.1 Å². The highest BCUT2D eigenvalue weighted by Gasteiger charge is 2.43. The van der Waals surface area contributed by atoms with Crippen LogP contribution in [0.15, 0.2) is 78.2 Å². The molecule has 0 aliphatic carbocycles. The summed E-state index contributed by atoms with van der Waals surface area (Å²) in [5, 5.41) is 2.12. The molecule has 4 nitrogen and oxygen atoms in total. The molecule has 2 aliphatic rings. The monoisotopic (exact) mass is 432 g/mol. The molecule has 5 heteroatoms. The summed E-state index contributed by atoms with van der Waals surface area (Å²) in [5.41, 5.74) is 2.51. The predicted molar refractivity (Wildman–Crippen MR) is 124 cm³/mol. The molecule has 3 atom stereocenters. The Morgan fingerprint density at radius 1 is 0.935 bits per heavy atom. The van der Waals surface area contributed by atoms with Gasteiger partial charge in [0.15, 0.2) is 0 Å². The van der Waals surface area contributed by atoms with E-state index in [1.807, 2.05) is 23.1 Å². The fourth-order valence-corrected chi connectivity index (χ4v) is 5.75. The fourth-order valence-electron chi connectivity index (χ4n) is 4.87. The van der Waals surface area contributed by atoms with Gasteiger partial charge < -0.3 is 9.64 Å². The van der Waals surface area contributed by atoms with E-state index in [0.29, 0.717) is 13.2 Å². The molecule has 160 valence electrons. The van der Waals surface area contributed by atoms with Crippen molar-refractivity contribution in [2.75, 3.05) is 26.2 Å². The number of likely N-dealkylation sites (tertiary alicyclic amines) is 1. The number of hydrogen-bond donors (Lipinski definition) is 0. The van der Waals surface area contributed by atoms with Gasteiger partial charge in [-0.1, -0.05) is 66.7 Å². The van der Waals surface area contributed by atoms with E-state index in [2.05, 4.69) is 64.9 Å². The third kappa shape index (κ3) is 4.59. The second-order valence-electron chi connectivity index (χ2n) is 8.45. The van der Waals surface area contributed by atoms with Gasteiger partial charge in [0, 0.05) is 43.4 Å². The number of amides is 1. The van der Waals surface area contributed by atoms with Crippen molar-refractivity contribution in [3.8, 4) is 0 Å². The van der Waals surface area contributed by atoms with E-state index in [1.54, 1.807) is 11.3 Å². The molecule has 0 bridgehead atoms. The molecule has 1 amide bonds. The first-order valence-electron chi connectivity index (χ1n) is 11.0. The first kappa shape index (κ1) is 20.4. The van der Waals surface area contributed by atoms with Crippen LogP contribution in [0.5, 0.6) is 0 Å². The Bertz CT molecular complexity index is 977. The van der Waals surface area contributed by atoms with Crippen molar-refractivity contribution in [2.45, 2.75) is 25.1 Å². The molecule has 1 unspecified atom stereocenters. The van der Waals surface area contributed by atoms with Crippen LogP contribution in [0.25, 0.3) is 0 Å². The van der Waals surface area contributed by atoms with Crippen LogP contribution in [0, 0.1) is 5.92 Å². The Labute approximate surface area is 188 Å². The van der Waals surface area contributed by atoms with Gasteiger partial charge >= 0.3 is 0 Å². The second kappa shape index (κ2) is 9.35. The number of thiophene rings is 1. The molecule has 0 N–H and O–H groups in total. The van der Waals surface area contributed by atoms with Crippen LogP contribution in [0.2, 0.25) is 0 Å². The lowest BCUT2D eigenvalue weighted by Crippen LogP contribution is -2.43. The maximum atomic E-state index is 13.8. The quantitative estimate of drug-likeness (QED) is 0.579. The highest BCUT2D eigenvalue weighted by Crippen LogP contribution is 2.37. The molecule has 2 aromatic carbocycles. The lowest BCUT2D eigenvalue weighted by Gasteiger charge is -2.28. The van der Waals surface area contributed by atoms with E-state index in [9.17, 15) is 4.79 Å². The largest absolute Gasteiger partial charge is 0.356 e. The second-order valence-corrected chi connectivity index (χ2v) is 9.43. The SMILES string of the molecule is O=C([C@@H]1CN(Cc2ccccc2)C[C@H]1c1cccs1)N1CCOC1Cc1ccccc1. The molecule has 0 spiro atoms. The van der Waals surface area contributed by atoms with Crippen molar-refractivity contribution < 1.29 is 9.53 Å². The van der Waals surface area contributed by atoms with Gasteiger partial charge in [0.05, 0.1) is 12.5 Å². The van der Waals surface area contributed by atoms with Crippen molar-refractivity contribution in [3.63, 3.8) is 0 Å². The smallest absolute Gasteiger partial charge is 0.229 e. The van der Waals surface area contributed by atoms with Crippen LogP contribution in [0.1, 0.15) is 21.9 Å². The van der Waals surface area contributed by atoms with Crippen molar-refractivity contribution in [2.24, 2.45) is 5.92 Å². The number of carbonyl (C=O) groups is 1. The van der Waals surface area contributed by atoms with E-state index < -0.39 is 0 Å². The molecule has 31 heavy (non-hydrogen) atoms. The minimum absolute atomic E-state index is 0.0256. The molecule has 2 aliphatic heterocycles. The predicted octanol–water partition coefficient (Wildman–Crippen LogP) is 4.39. The Morgan fingerprint density at radius 3 is 2.39 bits per heavy atom. The normalized spacial score (nSPS) is 24.0. The average molecular weight is 433 g/mol. The van der Waals surface area contributed by atoms with Crippen LogP contribution < -0.4 is 0 Å². The average Bonchev–Trinajstić information content (AvgIpc) is 3.56. The van der Waals surface area contributed by atoms with Gasteiger partial charge in [-0.05, 0) is 22.6 Å². The molecule has 3 aromatic rings. The van der Waals surface area contributed by atoms with Gasteiger partial charge in [0.1, 0.15) is 6.23 Å². The van der Waals surface area contributed by atoms with Crippen LogP contribution >= 0.6 is 11.3 Å². The van der Waals surface area contributed by atoms with E-state index in [1.165, 1.54) is 16.0 Å². The Kier molecular flexibility index (Phi) is 6.16. The van der Waals surface area contributed by atoms with Gasteiger partial charge in [-0.25, -0.2) is 0 Å². The van der Waals surface area contributed by atoms with Crippen LogP contribution in [0.4, 0.5) is 0 Å². The molecule has 1 aromatic heterocycles. The number of hydrogen-bond acceptors (Lipinski definition) is 4. The maximum absolute atomic E-state index is 13.8. The van der Waals surface area contributed by atoms with Gasteiger partial charge in [0.25, 0.3) is 0 Å². The summed E-state index contributed by atoms with van der Waals surface area (Å²) >= 11 is 1.77. The summed E-state index contributed by atoms with van der Waals surface area (Å²) in [6, 6.07) is 25.2. The Balaban J connectivity index is 1.34. The zero-order chi connectivity index (χ0) is 21.0. The third-order valence-electron chi connectivity index (χ3n) is 6.40. The first-order valence-corrected chi connectivity index (χ1v) is 11.9. The summed E-state index contributed by atoms with van der Waals surface area (Å²) < 4.78 is 5.99. The van der Waals surface area contributed by atoms with Crippen LogP contribution in [-0.2, 0) is 22.5 Å². The molecular formula is C26H28N2O2S. The first-order chi connectivity index (χ1) is 15.3. The van der Waals surface area contributed by atoms with E-state index in [-0.39, 0.29) is 24.0 Å². The van der Waals surface area contributed by atoms with E-state index >= 15 is 0 Å². The van der Waals surface area contributed by atoms with Gasteiger partial charge in [-0.3, -0.25) is 9.69 Å². The summed E-state index contributed by atoms with van der Waals surface area (Å²) in [6.07, 6.45) is 0.582. The molecule has 2 saturated heterocycles. The zero-order valence-electron chi connectivity index (χ0n) is 17.6. The number of ether oxygens (including phenoxy) is 1. The number of rotatable bonds is 6. The minimum Gasteiger partial charge on any atom is -0.356 e. The molecule has 3 heterocycles. The molecule has 0 radical (unpaired) electrons. The van der Waals surface area contributed by atoms with Crippen molar-refractivity contribution in [3.05, 3.63) is 94.2 Å². The van der Waals surface area contributed by atoms with Gasteiger partial charge in [-0.15, -0.1) is 11.3 Å². The summed E-state index contributed by atoms with van der Waals surface area (Å²) in [5.74, 6) is 0.462. The summed E-state index contributed by atoms with van der Waals surface area (Å²) in [6.45, 7) is 3.90. The molecule has 0 saturated carbocycles. The molecule has 5 rings (SSSR count). The maximum Gasteiger partial charge on any atom is 0.229 e. The third-order valence-corrected chi connectivity index (χ3v) is 7.40. The highest BCUT2D eigenvalue weighted by atomic mass is 32.1. The lowest BCUT2D eigenvalue weighted by molar-refractivity contribution is -0.140.